The van der Waals surface area contributed by atoms with Crippen LogP contribution in [0.3, 0.4) is 0 Å². The molecule has 3 aromatic rings. The van der Waals surface area contributed by atoms with E-state index in [1.165, 1.54) is 30.1 Å². The zero-order valence-electron chi connectivity index (χ0n) is 16.4. The van der Waals surface area contributed by atoms with Crippen molar-refractivity contribution in [2.45, 2.75) is 30.2 Å². The molecule has 1 aliphatic rings. The van der Waals surface area contributed by atoms with E-state index < -0.39 is 17.6 Å². The van der Waals surface area contributed by atoms with Gasteiger partial charge in [-0.15, -0.1) is 0 Å². The van der Waals surface area contributed by atoms with Crippen LogP contribution in [0.5, 0.6) is 0 Å². The van der Waals surface area contributed by atoms with Crippen molar-refractivity contribution in [1.29, 1.82) is 0 Å². The molecule has 0 aliphatic heterocycles. The number of rotatable bonds is 7. The van der Waals surface area contributed by atoms with E-state index in [9.17, 15) is 18.0 Å². The molecule has 160 valence electrons. The van der Waals surface area contributed by atoms with Crippen LogP contribution in [0.4, 0.5) is 18.9 Å². The van der Waals surface area contributed by atoms with Gasteiger partial charge in [0.1, 0.15) is 0 Å². The largest absolute Gasteiger partial charge is 0.416 e. The number of hydrogen-bond donors (Lipinski definition) is 0. The Labute approximate surface area is 181 Å². The minimum Gasteiger partial charge on any atom is -0.323 e. The summed E-state index contributed by atoms with van der Waals surface area (Å²) in [5.74, 6) is -0.451. The molecule has 0 unspecified atom stereocenters. The molecule has 0 saturated heterocycles. The number of hydrazone groups is 1. The number of aromatic nitrogens is 2. The average Bonchev–Trinajstić information content (AvgIpc) is 3.50. The first-order valence-electron chi connectivity index (χ1n) is 9.67. The third-order valence-electron chi connectivity index (χ3n) is 4.67. The van der Waals surface area contributed by atoms with Gasteiger partial charge in [-0.05, 0) is 36.6 Å². The molecule has 1 heterocycles. The molecular weight excluding hydrogens is 425 g/mol. The predicted molar refractivity (Wildman–Crippen MR) is 114 cm³/mol. The van der Waals surface area contributed by atoms with Crippen molar-refractivity contribution in [2.24, 2.45) is 5.10 Å². The fourth-order valence-electron chi connectivity index (χ4n) is 2.98. The number of carbonyl (C=O) groups is 1. The van der Waals surface area contributed by atoms with Crippen molar-refractivity contribution in [3.8, 4) is 0 Å². The van der Waals surface area contributed by atoms with Gasteiger partial charge in [0.2, 0.25) is 0 Å². The monoisotopic (exact) mass is 444 g/mol. The molecule has 1 amide bonds. The maximum atomic E-state index is 13.2. The molecule has 0 bridgehead atoms. The second-order valence-corrected chi connectivity index (χ2v) is 7.99. The number of anilines is 1. The number of carbonyl (C=O) groups excluding carboxylic acids is 1. The number of imidazole rings is 1. The second-order valence-electron chi connectivity index (χ2n) is 7.05. The van der Waals surface area contributed by atoms with Crippen molar-refractivity contribution in [3.63, 3.8) is 0 Å². The van der Waals surface area contributed by atoms with Crippen LogP contribution in [-0.4, -0.2) is 27.4 Å². The minimum atomic E-state index is -4.52. The van der Waals surface area contributed by atoms with E-state index in [1.54, 1.807) is 18.3 Å². The van der Waals surface area contributed by atoms with Gasteiger partial charge < -0.3 is 4.57 Å². The van der Waals surface area contributed by atoms with Crippen molar-refractivity contribution in [1.82, 2.24) is 9.55 Å². The van der Waals surface area contributed by atoms with Crippen LogP contribution in [0.25, 0.3) is 0 Å². The van der Waals surface area contributed by atoms with E-state index in [-0.39, 0.29) is 11.4 Å². The fourth-order valence-corrected chi connectivity index (χ4v) is 3.85. The highest BCUT2D eigenvalue weighted by Gasteiger charge is 2.31. The Kier molecular flexibility index (Phi) is 6.13. The normalized spacial score (nSPS) is 14.2. The Balaban J connectivity index is 1.57. The van der Waals surface area contributed by atoms with Crippen molar-refractivity contribution >= 4 is 29.6 Å². The van der Waals surface area contributed by atoms with Gasteiger partial charge in [0.15, 0.2) is 5.16 Å². The standard InChI is InChI=1S/C22H19F3N4OS/c23-22(24,25)17-7-4-8-19(13-17)29(27-14-16-5-2-1-3-6-16)20(30)15-31-21-26-11-12-28(21)18-9-10-18/h1-8,11-14,18H,9-10,15H2. The molecule has 0 atom stereocenters. The maximum Gasteiger partial charge on any atom is 0.416 e. The molecule has 0 radical (unpaired) electrons. The predicted octanol–water partition coefficient (Wildman–Crippen LogP) is 5.40. The molecule has 0 spiro atoms. The lowest BCUT2D eigenvalue weighted by molar-refractivity contribution is -0.137. The molecule has 2 aromatic carbocycles. The Hall–Kier alpha value is -3.07. The Bertz CT molecular complexity index is 1080. The van der Waals surface area contributed by atoms with Gasteiger partial charge in [-0.3, -0.25) is 4.79 Å². The SMILES string of the molecule is O=C(CSc1nccn1C1CC1)N(N=Cc1ccccc1)c1cccc(C(F)(F)F)c1. The summed E-state index contributed by atoms with van der Waals surface area (Å²) in [4.78, 5) is 17.3. The van der Waals surface area contributed by atoms with Crippen molar-refractivity contribution in [2.75, 3.05) is 10.8 Å². The summed E-state index contributed by atoms with van der Waals surface area (Å²) in [7, 11) is 0. The summed E-state index contributed by atoms with van der Waals surface area (Å²) in [6.45, 7) is 0. The third-order valence-corrected chi connectivity index (χ3v) is 5.64. The molecule has 0 N–H and O–H groups in total. The van der Waals surface area contributed by atoms with E-state index in [2.05, 4.69) is 10.1 Å². The molecule has 5 nitrogen and oxygen atoms in total. The number of halogens is 3. The average molecular weight is 444 g/mol. The summed E-state index contributed by atoms with van der Waals surface area (Å²) in [6.07, 6.45) is 2.66. The fraction of sp³-hybridized carbons (Fsp3) is 0.227. The lowest BCUT2D eigenvalue weighted by Crippen LogP contribution is -2.28. The van der Waals surface area contributed by atoms with Gasteiger partial charge in [0.25, 0.3) is 5.91 Å². The summed E-state index contributed by atoms with van der Waals surface area (Å²) in [5.41, 5.74) is -0.0583. The summed E-state index contributed by atoms with van der Waals surface area (Å²) >= 11 is 1.25. The number of benzene rings is 2. The molecule has 1 fully saturated rings. The number of nitrogens with zero attached hydrogens (tertiary/aromatic N) is 4. The molecule has 1 aliphatic carbocycles. The minimum absolute atomic E-state index is 0.00783. The van der Waals surface area contributed by atoms with Crippen LogP contribution >= 0.6 is 11.8 Å². The quantitative estimate of drug-likeness (QED) is 0.279. The van der Waals surface area contributed by atoms with Crippen LogP contribution in [-0.2, 0) is 11.0 Å². The Morgan fingerprint density at radius 1 is 1.19 bits per heavy atom. The highest BCUT2D eigenvalue weighted by Crippen LogP contribution is 2.38. The van der Waals surface area contributed by atoms with Gasteiger partial charge in [0, 0.05) is 18.4 Å². The van der Waals surface area contributed by atoms with E-state index in [0.29, 0.717) is 11.2 Å². The number of hydrogen-bond acceptors (Lipinski definition) is 4. The van der Waals surface area contributed by atoms with E-state index in [0.717, 1.165) is 35.5 Å². The smallest absolute Gasteiger partial charge is 0.323 e. The topological polar surface area (TPSA) is 50.5 Å². The molecular formula is C22H19F3N4OS. The number of alkyl halides is 3. The van der Waals surface area contributed by atoms with Crippen LogP contribution < -0.4 is 5.01 Å². The lowest BCUT2D eigenvalue weighted by atomic mass is 10.2. The summed E-state index contributed by atoms with van der Waals surface area (Å²) in [5, 5.41) is 5.94. The number of amides is 1. The van der Waals surface area contributed by atoms with Gasteiger partial charge in [-0.2, -0.15) is 18.3 Å². The maximum absolute atomic E-state index is 13.2. The van der Waals surface area contributed by atoms with Gasteiger partial charge in [-0.25, -0.2) is 9.99 Å². The van der Waals surface area contributed by atoms with E-state index >= 15 is 0 Å². The number of thioether (sulfide) groups is 1. The lowest BCUT2D eigenvalue weighted by Gasteiger charge is -2.18. The van der Waals surface area contributed by atoms with Crippen molar-refractivity contribution < 1.29 is 18.0 Å². The molecule has 31 heavy (non-hydrogen) atoms. The highest BCUT2D eigenvalue weighted by atomic mass is 32.2. The van der Waals surface area contributed by atoms with E-state index in [1.807, 2.05) is 29.0 Å². The van der Waals surface area contributed by atoms with Gasteiger partial charge >= 0.3 is 6.18 Å². The molecule has 1 saturated carbocycles. The molecule has 1 aromatic heterocycles. The first kappa shape index (κ1) is 21.2. The molecule has 9 heteroatoms. The van der Waals surface area contributed by atoms with Crippen LogP contribution in [0, 0.1) is 0 Å². The van der Waals surface area contributed by atoms with Gasteiger partial charge in [0.05, 0.1) is 23.2 Å². The van der Waals surface area contributed by atoms with Crippen LogP contribution in [0.1, 0.15) is 30.0 Å². The van der Waals surface area contributed by atoms with Crippen LogP contribution in [0.15, 0.2) is 77.2 Å². The highest BCUT2D eigenvalue weighted by molar-refractivity contribution is 7.99. The second kappa shape index (κ2) is 8.97. The third kappa shape index (κ3) is 5.35. The zero-order chi connectivity index (χ0) is 21.8. The Morgan fingerprint density at radius 2 is 1.97 bits per heavy atom. The zero-order valence-corrected chi connectivity index (χ0v) is 17.2. The first-order valence-corrected chi connectivity index (χ1v) is 10.7. The van der Waals surface area contributed by atoms with E-state index in [4.69, 9.17) is 0 Å². The molecule has 4 rings (SSSR count). The van der Waals surface area contributed by atoms with Gasteiger partial charge in [-0.1, -0.05) is 48.2 Å². The summed E-state index contributed by atoms with van der Waals surface area (Å²) in [6, 6.07) is 14.1. The van der Waals surface area contributed by atoms with Crippen molar-refractivity contribution in [3.05, 3.63) is 78.1 Å². The first-order chi connectivity index (χ1) is 14.9. The van der Waals surface area contributed by atoms with Crippen LogP contribution in [0.2, 0.25) is 0 Å². The Morgan fingerprint density at radius 3 is 2.68 bits per heavy atom. The summed E-state index contributed by atoms with van der Waals surface area (Å²) < 4.78 is 41.6.